The fraction of sp³-hybridized carbons (Fsp3) is 0.700. The van der Waals surface area contributed by atoms with Crippen molar-refractivity contribution in [2.75, 3.05) is 7.05 Å². The van der Waals surface area contributed by atoms with Crippen molar-refractivity contribution in [2.24, 2.45) is 5.92 Å². The smallest absolute Gasteiger partial charge is 0.246 e. The molecule has 1 N–H and O–H groups in total. The van der Waals surface area contributed by atoms with Gasteiger partial charge in [0.1, 0.15) is 6.04 Å². The molecular formula is C10H20N2O. The SMILES string of the molecule is CC.CC(C)C1C(=O)NC=CN1C. The van der Waals surface area contributed by atoms with Crippen molar-refractivity contribution < 1.29 is 4.79 Å². The molecule has 0 aromatic heterocycles. The van der Waals surface area contributed by atoms with Gasteiger partial charge in [-0.05, 0) is 5.92 Å². The van der Waals surface area contributed by atoms with E-state index in [1.807, 2.05) is 45.8 Å². The fourth-order valence-electron chi connectivity index (χ4n) is 1.37. The summed E-state index contributed by atoms with van der Waals surface area (Å²) in [5.41, 5.74) is 0. The van der Waals surface area contributed by atoms with Crippen LogP contribution in [0.2, 0.25) is 0 Å². The highest BCUT2D eigenvalue weighted by Gasteiger charge is 2.26. The highest BCUT2D eigenvalue weighted by Crippen LogP contribution is 2.11. The van der Waals surface area contributed by atoms with Crippen molar-refractivity contribution in [3.63, 3.8) is 0 Å². The second-order valence-electron chi connectivity index (χ2n) is 3.18. The van der Waals surface area contributed by atoms with Gasteiger partial charge in [0, 0.05) is 19.4 Å². The normalized spacial score (nSPS) is 20.9. The van der Waals surface area contributed by atoms with Crippen LogP contribution < -0.4 is 5.32 Å². The van der Waals surface area contributed by atoms with Crippen LogP contribution >= 0.6 is 0 Å². The molecule has 1 rings (SSSR count). The zero-order valence-corrected chi connectivity index (χ0v) is 9.16. The van der Waals surface area contributed by atoms with Gasteiger partial charge in [-0.2, -0.15) is 0 Å². The predicted octanol–water partition coefficient (Wildman–Crippen LogP) is 1.57. The van der Waals surface area contributed by atoms with Crippen LogP contribution in [0.1, 0.15) is 27.7 Å². The Morgan fingerprint density at radius 1 is 1.46 bits per heavy atom. The first-order valence-corrected chi connectivity index (χ1v) is 4.82. The van der Waals surface area contributed by atoms with Crippen LogP contribution in [-0.2, 0) is 4.79 Å². The number of nitrogens with zero attached hydrogens (tertiary/aromatic N) is 1. The van der Waals surface area contributed by atoms with Gasteiger partial charge in [0.15, 0.2) is 0 Å². The van der Waals surface area contributed by atoms with Crippen LogP contribution in [0.4, 0.5) is 0 Å². The van der Waals surface area contributed by atoms with Crippen LogP contribution in [0.25, 0.3) is 0 Å². The lowest BCUT2D eigenvalue weighted by atomic mass is 10.0. The number of nitrogens with one attached hydrogen (secondary N) is 1. The van der Waals surface area contributed by atoms with E-state index < -0.39 is 0 Å². The monoisotopic (exact) mass is 184 g/mol. The summed E-state index contributed by atoms with van der Waals surface area (Å²) in [4.78, 5) is 13.2. The average Bonchev–Trinajstić information content (AvgIpc) is 2.07. The van der Waals surface area contributed by atoms with E-state index >= 15 is 0 Å². The standard InChI is InChI=1S/C8H14N2O.C2H6/c1-6(2)7-8(11)9-4-5-10(7)3;1-2/h4-7H,1-3H3,(H,9,11);1-2H3. The van der Waals surface area contributed by atoms with Crippen LogP contribution in [0.15, 0.2) is 12.4 Å². The maximum absolute atomic E-state index is 11.2. The van der Waals surface area contributed by atoms with Gasteiger partial charge in [0.25, 0.3) is 0 Å². The third-order valence-corrected chi connectivity index (χ3v) is 1.87. The van der Waals surface area contributed by atoms with Gasteiger partial charge < -0.3 is 10.2 Å². The maximum atomic E-state index is 11.2. The van der Waals surface area contributed by atoms with Crippen molar-refractivity contribution in [3.05, 3.63) is 12.4 Å². The quantitative estimate of drug-likeness (QED) is 0.671. The van der Waals surface area contributed by atoms with Crippen LogP contribution in [0.5, 0.6) is 0 Å². The van der Waals surface area contributed by atoms with Gasteiger partial charge in [-0.15, -0.1) is 0 Å². The van der Waals surface area contributed by atoms with Gasteiger partial charge in [-0.25, -0.2) is 0 Å². The molecule has 1 amide bonds. The zero-order valence-electron chi connectivity index (χ0n) is 9.16. The second-order valence-corrected chi connectivity index (χ2v) is 3.18. The molecule has 3 heteroatoms. The molecule has 3 nitrogen and oxygen atoms in total. The van der Waals surface area contributed by atoms with Crippen molar-refractivity contribution in [2.45, 2.75) is 33.7 Å². The van der Waals surface area contributed by atoms with Crippen molar-refractivity contribution in [1.82, 2.24) is 10.2 Å². The highest BCUT2D eigenvalue weighted by atomic mass is 16.2. The minimum absolute atomic E-state index is 0.0139. The van der Waals surface area contributed by atoms with Gasteiger partial charge in [-0.1, -0.05) is 27.7 Å². The summed E-state index contributed by atoms with van der Waals surface area (Å²) < 4.78 is 0. The first-order chi connectivity index (χ1) is 6.13. The van der Waals surface area contributed by atoms with Gasteiger partial charge in [-0.3, -0.25) is 4.79 Å². The molecule has 1 unspecified atom stereocenters. The number of amides is 1. The Hall–Kier alpha value is -0.990. The molecule has 0 saturated heterocycles. The van der Waals surface area contributed by atoms with E-state index in [9.17, 15) is 4.79 Å². The topological polar surface area (TPSA) is 32.3 Å². The van der Waals surface area contributed by atoms with Crippen molar-refractivity contribution in [1.29, 1.82) is 0 Å². The Kier molecular flexibility index (Phi) is 5.19. The predicted molar refractivity (Wildman–Crippen MR) is 55.0 cm³/mol. The lowest BCUT2D eigenvalue weighted by molar-refractivity contribution is -0.126. The van der Waals surface area contributed by atoms with E-state index in [0.717, 1.165) is 0 Å². The van der Waals surface area contributed by atoms with Gasteiger partial charge >= 0.3 is 0 Å². The molecule has 1 heterocycles. The van der Waals surface area contributed by atoms with E-state index in [1.165, 1.54) is 0 Å². The number of carbonyl (C=O) groups is 1. The molecule has 0 saturated carbocycles. The first kappa shape index (κ1) is 12.0. The Labute approximate surface area is 80.8 Å². The molecule has 76 valence electrons. The molecule has 1 atom stereocenters. The summed E-state index contributed by atoms with van der Waals surface area (Å²) in [5, 5.41) is 2.68. The number of hydrogen-bond donors (Lipinski definition) is 1. The highest BCUT2D eigenvalue weighted by molar-refractivity contribution is 5.83. The van der Waals surface area contributed by atoms with E-state index in [2.05, 4.69) is 5.32 Å². The average molecular weight is 184 g/mol. The molecule has 0 aliphatic carbocycles. The van der Waals surface area contributed by atoms with Crippen LogP contribution in [0.3, 0.4) is 0 Å². The summed E-state index contributed by atoms with van der Waals surface area (Å²) in [6.07, 6.45) is 3.55. The molecule has 0 spiro atoms. The molecule has 1 aliphatic heterocycles. The summed E-state index contributed by atoms with van der Waals surface area (Å²) in [6.45, 7) is 8.08. The maximum Gasteiger partial charge on any atom is 0.246 e. The third-order valence-electron chi connectivity index (χ3n) is 1.87. The Morgan fingerprint density at radius 3 is 2.31 bits per heavy atom. The van der Waals surface area contributed by atoms with Crippen molar-refractivity contribution >= 4 is 5.91 Å². The van der Waals surface area contributed by atoms with Gasteiger partial charge in [0.05, 0.1) is 0 Å². The largest absolute Gasteiger partial charge is 0.367 e. The molecule has 0 aromatic carbocycles. The minimum atomic E-state index is -0.0139. The first-order valence-electron chi connectivity index (χ1n) is 4.82. The summed E-state index contributed by atoms with van der Waals surface area (Å²) >= 11 is 0. The Morgan fingerprint density at radius 2 is 2.00 bits per heavy atom. The minimum Gasteiger partial charge on any atom is -0.367 e. The number of hydrogen-bond acceptors (Lipinski definition) is 2. The summed E-state index contributed by atoms with van der Waals surface area (Å²) in [5.74, 6) is 0.440. The van der Waals surface area contributed by atoms with E-state index in [1.54, 1.807) is 6.20 Å². The van der Waals surface area contributed by atoms with Crippen LogP contribution in [0, 0.1) is 5.92 Å². The number of carbonyl (C=O) groups excluding carboxylic acids is 1. The molecule has 0 fully saturated rings. The Balaban J connectivity index is 0.000000671. The molecule has 0 bridgehead atoms. The van der Waals surface area contributed by atoms with E-state index in [4.69, 9.17) is 0 Å². The fourth-order valence-corrected chi connectivity index (χ4v) is 1.37. The third kappa shape index (κ3) is 3.09. The second kappa shape index (κ2) is 5.62. The lowest BCUT2D eigenvalue weighted by Gasteiger charge is -2.31. The van der Waals surface area contributed by atoms with Crippen molar-refractivity contribution in [3.8, 4) is 0 Å². The molecular weight excluding hydrogens is 164 g/mol. The molecule has 0 radical (unpaired) electrons. The van der Waals surface area contributed by atoms with E-state index in [-0.39, 0.29) is 11.9 Å². The molecule has 1 aliphatic rings. The van der Waals surface area contributed by atoms with Gasteiger partial charge in [0.2, 0.25) is 5.91 Å². The Bertz CT molecular complexity index is 187. The molecule has 13 heavy (non-hydrogen) atoms. The van der Waals surface area contributed by atoms with Crippen LogP contribution in [-0.4, -0.2) is 23.9 Å². The molecule has 0 aromatic rings. The number of rotatable bonds is 1. The lowest BCUT2D eigenvalue weighted by Crippen LogP contribution is -2.47. The zero-order chi connectivity index (χ0) is 10.4. The number of likely N-dealkylation sites (N-methyl/N-ethyl adjacent to an activating group) is 1. The summed E-state index contributed by atoms with van der Waals surface area (Å²) in [6, 6.07) is -0.0139. The van der Waals surface area contributed by atoms with E-state index in [0.29, 0.717) is 5.92 Å². The summed E-state index contributed by atoms with van der Waals surface area (Å²) in [7, 11) is 1.92.